The fourth-order valence-corrected chi connectivity index (χ4v) is 2.10. The first kappa shape index (κ1) is 10.2. The van der Waals surface area contributed by atoms with Crippen molar-refractivity contribution >= 4 is 11.3 Å². The maximum absolute atomic E-state index is 13.0. The van der Waals surface area contributed by atoms with E-state index in [1.54, 1.807) is 17.5 Å². The Morgan fingerprint density at radius 2 is 2.27 bits per heavy atom. The Bertz CT molecular complexity index is 430. The first-order valence-corrected chi connectivity index (χ1v) is 5.34. The first-order valence-electron chi connectivity index (χ1n) is 4.40. The van der Waals surface area contributed by atoms with Crippen molar-refractivity contribution in [3.05, 3.63) is 52.2 Å². The SMILES string of the molecule is NNC(c1ccsc1)c1cncc(F)c1. The van der Waals surface area contributed by atoms with Gasteiger partial charge in [-0.3, -0.25) is 10.8 Å². The summed E-state index contributed by atoms with van der Waals surface area (Å²) in [7, 11) is 0. The molecule has 3 nitrogen and oxygen atoms in total. The molecule has 0 saturated carbocycles. The van der Waals surface area contributed by atoms with Gasteiger partial charge in [-0.2, -0.15) is 11.3 Å². The average Bonchev–Trinajstić information content (AvgIpc) is 2.72. The number of halogens is 1. The standard InChI is InChI=1S/C10H10FN3S/c11-9-3-8(4-13-5-9)10(14-12)7-1-2-15-6-7/h1-6,10,14H,12H2. The molecule has 0 saturated heterocycles. The van der Waals surface area contributed by atoms with Gasteiger partial charge in [0, 0.05) is 6.20 Å². The monoisotopic (exact) mass is 223 g/mol. The van der Waals surface area contributed by atoms with Crippen molar-refractivity contribution in [2.45, 2.75) is 6.04 Å². The molecular weight excluding hydrogens is 213 g/mol. The third-order valence-electron chi connectivity index (χ3n) is 2.10. The second-order valence-corrected chi connectivity index (χ2v) is 3.87. The molecule has 78 valence electrons. The molecule has 0 fully saturated rings. The van der Waals surface area contributed by atoms with E-state index in [0.29, 0.717) is 0 Å². The van der Waals surface area contributed by atoms with Crippen LogP contribution in [-0.4, -0.2) is 4.98 Å². The van der Waals surface area contributed by atoms with Gasteiger partial charge in [0.1, 0.15) is 5.82 Å². The molecule has 1 atom stereocenters. The van der Waals surface area contributed by atoms with Crippen molar-refractivity contribution in [1.29, 1.82) is 0 Å². The fraction of sp³-hybridized carbons (Fsp3) is 0.100. The zero-order valence-electron chi connectivity index (χ0n) is 7.85. The Morgan fingerprint density at radius 3 is 2.87 bits per heavy atom. The zero-order chi connectivity index (χ0) is 10.7. The van der Waals surface area contributed by atoms with Crippen molar-refractivity contribution in [3.63, 3.8) is 0 Å². The van der Waals surface area contributed by atoms with E-state index >= 15 is 0 Å². The van der Waals surface area contributed by atoms with Gasteiger partial charge in [-0.1, -0.05) is 0 Å². The molecule has 0 amide bonds. The van der Waals surface area contributed by atoms with Gasteiger partial charge in [0.05, 0.1) is 12.2 Å². The molecule has 0 aliphatic carbocycles. The van der Waals surface area contributed by atoms with Gasteiger partial charge < -0.3 is 0 Å². The number of nitrogens with one attached hydrogen (secondary N) is 1. The van der Waals surface area contributed by atoms with E-state index in [4.69, 9.17) is 5.84 Å². The van der Waals surface area contributed by atoms with Gasteiger partial charge >= 0.3 is 0 Å². The third kappa shape index (κ3) is 2.20. The molecule has 0 aliphatic rings. The molecule has 0 bridgehead atoms. The van der Waals surface area contributed by atoms with Crippen molar-refractivity contribution < 1.29 is 4.39 Å². The van der Waals surface area contributed by atoms with Crippen LogP contribution < -0.4 is 11.3 Å². The number of hydrazine groups is 1. The van der Waals surface area contributed by atoms with Gasteiger partial charge in [0.15, 0.2) is 0 Å². The van der Waals surface area contributed by atoms with Crippen LogP contribution in [0.5, 0.6) is 0 Å². The van der Waals surface area contributed by atoms with Crippen molar-refractivity contribution in [3.8, 4) is 0 Å². The molecule has 2 rings (SSSR count). The van der Waals surface area contributed by atoms with E-state index in [1.807, 2.05) is 16.8 Å². The van der Waals surface area contributed by atoms with Gasteiger partial charge in [0.2, 0.25) is 0 Å². The summed E-state index contributed by atoms with van der Waals surface area (Å²) < 4.78 is 13.0. The van der Waals surface area contributed by atoms with E-state index in [1.165, 1.54) is 12.3 Å². The predicted molar refractivity (Wildman–Crippen MR) is 57.7 cm³/mol. The lowest BCUT2D eigenvalue weighted by molar-refractivity contribution is 0.598. The van der Waals surface area contributed by atoms with Crippen LogP contribution >= 0.6 is 11.3 Å². The molecule has 1 unspecified atom stereocenters. The summed E-state index contributed by atoms with van der Waals surface area (Å²) in [6.07, 6.45) is 2.77. The highest BCUT2D eigenvalue weighted by molar-refractivity contribution is 7.08. The van der Waals surface area contributed by atoms with E-state index in [-0.39, 0.29) is 11.9 Å². The minimum absolute atomic E-state index is 0.209. The lowest BCUT2D eigenvalue weighted by atomic mass is 10.0. The van der Waals surface area contributed by atoms with Crippen molar-refractivity contribution in [2.24, 2.45) is 5.84 Å². The molecule has 0 radical (unpaired) electrons. The Hall–Kier alpha value is -1.30. The lowest BCUT2D eigenvalue weighted by Gasteiger charge is -2.14. The second-order valence-electron chi connectivity index (χ2n) is 3.09. The highest BCUT2D eigenvalue weighted by atomic mass is 32.1. The summed E-state index contributed by atoms with van der Waals surface area (Å²) in [5.41, 5.74) is 4.38. The number of nitrogens with zero attached hydrogens (tertiary/aromatic N) is 1. The number of hydrogen-bond donors (Lipinski definition) is 2. The van der Waals surface area contributed by atoms with Gasteiger partial charge in [0.25, 0.3) is 0 Å². The van der Waals surface area contributed by atoms with Crippen LogP contribution in [0.15, 0.2) is 35.3 Å². The van der Waals surface area contributed by atoms with Crippen molar-refractivity contribution in [1.82, 2.24) is 10.4 Å². The highest BCUT2D eigenvalue weighted by Crippen LogP contribution is 2.22. The molecule has 0 spiro atoms. The molecule has 3 N–H and O–H groups in total. The number of rotatable bonds is 3. The van der Waals surface area contributed by atoms with E-state index < -0.39 is 0 Å². The number of pyridine rings is 1. The Balaban J connectivity index is 2.35. The largest absolute Gasteiger partial charge is 0.271 e. The molecular formula is C10H10FN3S. The minimum Gasteiger partial charge on any atom is -0.271 e. The summed E-state index contributed by atoms with van der Waals surface area (Å²) >= 11 is 1.57. The minimum atomic E-state index is -0.358. The Kier molecular flexibility index (Phi) is 3.05. The molecule has 2 aromatic rings. The molecule has 0 aliphatic heterocycles. The maximum atomic E-state index is 13.0. The van der Waals surface area contributed by atoms with E-state index in [9.17, 15) is 4.39 Å². The Morgan fingerprint density at radius 1 is 1.40 bits per heavy atom. The fourth-order valence-electron chi connectivity index (χ4n) is 1.41. The average molecular weight is 223 g/mol. The van der Waals surface area contributed by atoms with Crippen LogP contribution in [0.4, 0.5) is 4.39 Å². The summed E-state index contributed by atoms with van der Waals surface area (Å²) in [5.74, 6) is 5.09. The third-order valence-corrected chi connectivity index (χ3v) is 2.80. The predicted octanol–water partition coefficient (Wildman–Crippen LogP) is 1.83. The van der Waals surface area contributed by atoms with E-state index in [2.05, 4.69) is 10.4 Å². The van der Waals surface area contributed by atoms with Crippen molar-refractivity contribution in [2.75, 3.05) is 0 Å². The quantitative estimate of drug-likeness (QED) is 0.616. The van der Waals surface area contributed by atoms with Crippen LogP contribution in [0.3, 0.4) is 0 Å². The smallest absolute Gasteiger partial charge is 0.141 e. The summed E-state index contributed by atoms with van der Waals surface area (Å²) in [6, 6.07) is 3.16. The number of hydrogen-bond acceptors (Lipinski definition) is 4. The summed E-state index contributed by atoms with van der Waals surface area (Å²) in [4.78, 5) is 3.80. The zero-order valence-corrected chi connectivity index (χ0v) is 8.67. The van der Waals surface area contributed by atoms with Crippen LogP contribution in [0.2, 0.25) is 0 Å². The van der Waals surface area contributed by atoms with Gasteiger partial charge in [-0.25, -0.2) is 9.82 Å². The molecule has 15 heavy (non-hydrogen) atoms. The maximum Gasteiger partial charge on any atom is 0.141 e. The van der Waals surface area contributed by atoms with Crippen LogP contribution in [-0.2, 0) is 0 Å². The van der Waals surface area contributed by atoms with Crippen LogP contribution in [0.1, 0.15) is 17.2 Å². The summed E-state index contributed by atoms with van der Waals surface area (Å²) in [6.45, 7) is 0. The lowest BCUT2D eigenvalue weighted by Crippen LogP contribution is -2.28. The number of aromatic nitrogens is 1. The number of nitrogens with two attached hydrogens (primary N) is 1. The van der Waals surface area contributed by atoms with E-state index in [0.717, 1.165) is 11.1 Å². The molecule has 0 aromatic carbocycles. The van der Waals surface area contributed by atoms with Crippen LogP contribution in [0.25, 0.3) is 0 Å². The molecule has 2 heterocycles. The van der Waals surface area contributed by atoms with Gasteiger partial charge in [-0.05, 0) is 34.0 Å². The summed E-state index contributed by atoms with van der Waals surface area (Å²) in [5, 5.41) is 3.92. The first-order chi connectivity index (χ1) is 7.31. The molecule has 5 heteroatoms. The highest BCUT2D eigenvalue weighted by Gasteiger charge is 2.13. The normalized spacial score (nSPS) is 12.7. The van der Waals surface area contributed by atoms with Crippen LogP contribution in [0, 0.1) is 5.82 Å². The Labute approximate surface area is 90.7 Å². The number of thiophene rings is 1. The van der Waals surface area contributed by atoms with Gasteiger partial charge in [-0.15, -0.1) is 0 Å². The topological polar surface area (TPSA) is 50.9 Å². The molecule has 2 aromatic heterocycles. The second kappa shape index (κ2) is 4.48.